The predicted molar refractivity (Wildman–Crippen MR) is 74.6 cm³/mol. The minimum atomic E-state index is -0.166. The topological polar surface area (TPSA) is 18.5 Å². The molecule has 0 aliphatic heterocycles. The van der Waals surface area contributed by atoms with Crippen LogP contribution in [-0.2, 0) is 9.47 Å². The van der Waals surface area contributed by atoms with Gasteiger partial charge in [0.15, 0.2) is 6.29 Å². The summed E-state index contributed by atoms with van der Waals surface area (Å²) in [5.41, 5.74) is 0. The Hall–Kier alpha value is -0.0500. The fraction of sp³-hybridized carbons (Fsp3) is 0.857. The van der Waals surface area contributed by atoms with E-state index in [0.29, 0.717) is 13.2 Å². The third-order valence-corrected chi connectivity index (χ3v) is 2.73. The summed E-state index contributed by atoms with van der Waals surface area (Å²) in [7, 11) is 0. The van der Waals surface area contributed by atoms with Gasteiger partial charge in [-0.15, -0.1) is 11.6 Å². The van der Waals surface area contributed by atoms with E-state index < -0.39 is 0 Å². The second-order valence-corrected chi connectivity index (χ2v) is 4.33. The molecule has 0 fully saturated rings. The molecule has 0 bridgehead atoms. The lowest BCUT2D eigenvalue weighted by molar-refractivity contribution is -0.104. The third-order valence-electron chi connectivity index (χ3n) is 2.46. The van der Waals surface area contributed by atoms with Crippen molar-refractivity contribution in [3.05, 3.63) is 12.2 Å². The molecular weight excluding hydrogens is 236 g/mol. The van der Waals surface area contributed by atoms with Crippen LogP contribution < -0.4 is 0 Å². The Labute approximate surface area is 111 Å². The smallest absolute Gasteiger partial charge is 0.176 e. The largest absolute Gasteiger partial charge is 0.349 e. The Morgan fingerprint density at radius 1 is 0.941 bits per heavy atom. The summed E-state index contributed by atoms with van der Waals surface area (Å²) >= 11 is 5.62. The van der Waals surface area contributed by atoms with Gasteiger partial charge in [-0.3, -0.25) is 0 Å². The van der Waals surface area contributed by atoms with Crippen LogP contribution in [0.15, 0.2) is 12.2 Å². The van der Waals surface area contributed by atoms with Gasteiger partial charge in [0.05, 0.1) is 0 Å². The van der Waals surface area contributed by atoms with Crippen molar-refractivity contribution >= 4 is 11.6 Å². The molecule has 0 heterocycles. The van der Waals surface area contributed by atoms with Crippen LogP contribution in [0, 0.1) is 0 Å². The van der Waals surface area contributed by atoms with Gasteiger partial charge in [-0.05, 0) is 39.2 Å². The molecule has 0 aliphatic rings. The Morgan fingerprint density at radius 2 is 1.53 bits per heavy atom. The van der Waals surface area contributed by atoms with Crippen LogP contribution in [0.1, 0.15) is 52.4 Å². The normalized spacial score (nSPS) is 11.8. The summed E-state index contributed by atoms with van der Waals surface area (Å²) in [6, 6.07) is 0. The summed E-state index contributed by atoms with van der Waals surface area (Å²) in [6.45, 7) is 5.34. The summed E-state index contributed by atoms with van der Waals surface area (Å²) in [5, 5.41) is 0. The molecule has 0 N–H and O–H groups in total. The molecule has 17 heavy (non-hydrogen) atoms. The molecule has 102 valence electrons. The number of unbranched alkanes of at least 4 members (excludes halogenated alkanes) is 5. The molecule has 0 saturated heterocycles. The van der Waals surface area contributed by atoms with E-state index in [-0.39, 0.29) is 6.29 Å². The highest BCUT2D eigenvalue weighted by Crippen LogP contribution is 2.07. The molecule has 0 aromatic rings. The Bertz CT molecular complexity index is 166. The number of halogens is 1. The van der Waals surface area contributed by atoms with E-state index in [0.717, 1.165) is 18.7 Å². The number of alkyl halides is 1. The van der Waals surface area contributed by atoms with Gasteiger partial charge in [0.1, 0.15) is 0 Å². The van der Waals surface area contributed by atoms with E-state index in [1.54, 1.807) is 0 Å². The van der Waals surface area contributed by atoms with Gasteiger partial charge in [-0.2, -0.15) is 0 Å². The van der Waals surface area contributed by atoms with E-state index >= 15 is 0 Å². The average Bonchev–Trinajstić information content (AvgIpc) is 2.33. The second-order valence-electron chi connectivity index (χ2n) is 3.95. The molecule has 0 spiro atoms. The van der Waals surface area contributed by atoms with Gasteiger partial charge in [-0.1, -0.05) is 25.3 Å². The molecule has 2 nitrogen and oxygen atoms in total. The van der Waals surface area contributed by atoms with Crippen LogP contribution in [0.3, 0.4) is 0 Å². The quantitative estimate of drug-likeness (QED) is 0.223. The van der Waals surface area contributed by atoms with E-state index in [4.69, 9.17) is 21.1 Å². The van der Waals surface area contributed by atoms with Gasteiger partial charge in [0, 0.05) is 19.1 Å². The van der Waals surface area contributed by atoms with Crippen LogP contribution in [0.5, 0.6) is 0 Å². The molecule has 0 atom stereocenters. The first-order valence-corrected chi connectivity index (χ1v) is 7.34. The number of hydrogen-bond acceptors (Lipinski definition) is 2. The Balaban J connectivity index is 3.42. The van der Waals surface area contributed by atoms with Crippen molar-refractivity contribution in [2.75, 3.05) is 19.1 Å². The summed E-state index contributed by atoms with van der Waals surface area (Å²) in [5.74, 6) is 0.796. The number of allylic oxidation sites excluding steroid dienone is 1. The molecule has 0 saturated carbocycles. The highest BCUT2D eigenvalue weighted by molar-refractivity contribution is 6.17. The zero-order valence-corrected chi connectivity index (χ0v) is 12.0. The summed E-state index contributed by atoms with van der Waals surface area (Å²) in [4.78, 5) is 0. The SMILES string of the molecule is CCOC(/C=C/CCCCCCCCl)OCC. The lowest BCUT2D eigenvalue weighted by atomic mass is 10.1. The lowest BCUT2D eigenvalue weighted by Gasteiger charge is -2.12. The highest BCUT2D eigenvalue weighted by atomic mass is 35.5. The van der Waals surface area contributed by atoms with Gasteiger partial charge in [0.2, 0.25) is 0 Å². The summed E-state index contributed by atoms with van der Waals surface area (Å²) < 4.78 is 10.8. The van der Waals surface area contributed by atoms with Crippen LogP contribution >= 0.6 is 11.6 Å². The van der Waals surface area contributed by atoms with E-state index in [2.05, 4.69) is 6.08 Å². The lowest BCUT2D eigenvalue weighted by Crippen LogP contribution is -2.14. The van der Waals surface area contributed by atoms with Crippen LogP contribution in [0.2, 0.25) is 0 Å². The first kappa shape index (κ1) is 16.9. The average molecular weight is 263 g/mol. The van der Waals surface area contributed by atoms with Crippen molar-refractivity contribution in [3.8, 4) is 0 Å². The third kappa shape index (κ3) is 12.2. The summed E-state index contributed by atoms with van der Waals surface area (Å²) in [6.07, 6.45) is 11.4. The number of rotatable bonds is 12. The van der Waals surface area contributed by atoms with Crippen molar-refractivity contribution in [1.82, 2.24) is 0 Å². The predicted octanol–water partition coefficient (Wildman–Crippen LogP) is 4.52. The number of hydrogen-bond donors (Lipinski definition) is 0. The van der Waals surface area contributed by atoms with Crippen LogP contribution in [0.4, 0.5) is 0 Å². The Kier molecular flexibility index (Phi) is 14.0. The zero-order chi connectivity index (χ0) is 12.8. The second kappa shape index (κ2) is 14.0. The fourth-order valence-corrected chi connectivity index (χ4v) is 1.77. The molecule has 0 aromatic heterocycles. The minimum absolute atomic E-state index is 0.166. The van der Waals surface area contributed by atoms with Crippen LogP contribution in [-0.4, -0.2) is 25.4 Å². The first-order chi connectivity index (χ1) is 8.35. The van der Waals surface area contributed by atoms with Gasteiger partial charge in [-0.25, -0.2) is 0 Å². The van der Waals surface area contributed by atoms with E-state index in [1.165, 1.54) is 25.7 Å². The zero-order valence-electron chi connectivity index (χ0n) is 11.3. The van der Waals surface area contributed by atoms with Crippen molar-refractivity contribution in [1.29, 1.82) is 0 Å². The van der Waals surface area contributed by atoms with Crippen LogP contribution in [0.25, 0.3) is 0 Å². The maximum absolute atomic E-state index is 5.62. The monoisotopic (exact) mass is 262 g/mol. The van der Waals surface area contributed by atoms with Crippen molar-refractivity contribution in [2.45, 2.75) is 58.7 Å². The minimum Gasteiger partial charge on any atom is -0.349 e. The molecule has 3 heteroatoms. The van der Waals surface area contributed by atoms with Crippen molar-refractivity contribution < 1.29 is 9.47 Å². The van der Waals surface area contributed by atoms with E-state index in [9.17, 15) is 0 Å². The van der Waals surface area contributed by atoms with E-state index in [1.807, 2.05) is 19.9 Å². The fourth-order valence-electron chi connectivity index (χ4n) is 1.58. The molecule has 0 unspecified atom stereocenters. The molecule has 0 rings (SSSR count). The maximum atomic E-state index is 5.62. The maximum Gasteiger partial charge on any atom is 0.176 e. The molecule has 0 aliphatic carbocycles. The van der Waals surface area contributed by atoms with Gasteiger partial charge >= 0.3 is 0 Å². The van der Waals surface area contributed by atoms with Crippen molar-refractivity contribution in [3.63, 3.8) is 0 Å². The standard InChI is InChI=1S/C14H27ClO2/c1-3-16-14(17-4-2)12-10-8-6-5-7-9-11-13-15/h10,12,14H,3-9,11,13H2,1-2H3/b12-10+. The van der Waals surface area contributed by atoms with Gasteiger partial charge < -0.3 is 9.47 Å². The molecule has 0 amide bonds. The van der Waals surface area contributed by atoms with Gasteiger partial charge in [0.25, 0.3) is 0 Å². The van der Waals surface area contributed by atoms with Crippen molar-refractivity contribution in [2.24, 2.45) is 0 Å². The molecule has 0 aromatic carbocycles. The number of ether oxygens (including phenoxy) is 2. The molecule has 0 radical (unpaired) electrons. The highest BCUT2D eigenvalue weighted by Gasteiger charge is 2.00. The Morgan fingerprint density at radius 3 is 2.12 bits per heavy atom. The first-order valence-electron chi connectivity index (χ1n) is 6.81. The molecular formula is C14H27ClO2.